The third kappa shape index (κ3) is 2.92. The maximum absolute atomic E-state index is 12.9. The Balaban J connectivity index is 1.81. The van der Waals surface area contributed by atoms with Crippen LogP contribution in [-0.4, -0.2) is 26.3 Å². The van der Waals surface area contributed by atoms with Crippen molar-refractivity contribution in [2.45, 2.75) is 45.2 Å². The Kier molecular flexibility index (Phi) is 4.32. The topological polar surface area (TPSA) is 68.9 Å². The van der Waals surface area contributed by atoms with Crippen molar-refractivity contribution in [3.63, 3.8) is 0 Å². The van der Waals surface area contributed by atoms with Gasteiger partial charge in [-0.25, -0.2) is 0 Å². The van der Waals surface area contributed by atoms with Gasteiger partial charge in [0.25, 0.3) is 11.5 Å². The molecule has 1 aromatic rings. The quantitative estimate of drug-likeness (QED) is 0.787. The lowest BCUT2D eigenvalue weighted by molar-refractivity contribution is 0.0937. The summed E-state index contributed by atoms with van der Waals surface area (Å²) in [7, 11) is 0. The SMILES string of the molecule is CCn1cc(C(=O)NC2CCCC2)c2nn(-c3ccccc3)c(=O)c-2c1. The smallest absolute Gasteiger partial charge is 0.282 e. The van der Waals surface area contributed by atoms with Crippen molar-refractivity contribution in [3.8, 4) is 16.9 Å². The van der Waals surface area contributed by atoms with Crippen LogP contribution in [0.2, 0.25) is 0 Å². The van der Waals surface area contributed by atoms with Gasteiger partial charge < -0.3 is 9.88 Å². The first-order chi connectivity index (χ1) is 12.7. The van der Waals surface area contributed by atoms with Gasteiger partial charge in [0.1, 0.15) is 5.69 Å². The summed E-state index contributed by atoms with van der Waals surface area (Å²) in [4.78, 5) is 25.7. The number of aryl methyl sites for hydroxylation is 1. The average Bonchev–Trinajstić information content (AvgIpc) is 3.30. The van der Waals surface area contributed by atoms with Gasteiger partial charge >= 0.3 is 0 Å². The van der Waals surface area contributed by atoms with Crippen molar-refractivity contribution in [2.24, 2.45) is 0 Å². The molecule has 3 aliphatic rings. The van der Waals surface area contributed by atoms with Crippen LogP contribution >= 0.6 is 0 Å². The van der Waals surface area contributed by atoms with E-state index in [9.17, 15) is 9.59 Å². The summed E-state index contributed by atoms with van der Waals surface area (Å²) in [5, 5.41) is 7.59. The number of nitrogens with zero attached hydrogens (tertiary/aromatic N) is 3. The second kappa shape index (κ2) is 6.78. The number of para-hydroxylation sites is 1. The minimum absolute atomic E-state index is 0.151. The van der Waals surface area contributed by atoms with E-state index in [0.29, 0.717) is 29.1 Å². The summed E-state index contributed by atoms with van der Waals surface area (Å²) in [5.41, 5.74) is 1.87. The number of rotatable bonds is 4. The molecule has 1 N–H and O–H groups in total. The highest BCUT2D eigenvalue weighted by Crippen LogP contribution is 2.24. The molecular formula is C20H22N4O2. The molecule has 1 aliphatic carbocycles. The Morgan fingerprint density at radius 1 is 1.19 bits per heavy atom. The van der Waals surface area contributed by atoms with E-state index < -0.39 is 0 Å². The molecule has 2 heterocycles. The monoisotopic (exact) mass is 350 g/mol. The van der Waals surface area contributed by atoms with Crippen LogP contribution in [0.1, 0.15) is 43.0 Å². The van der Waals surface area contributed by atoms with E-state index in [0.717, 1.165) is 25.7 Å². The molecule has 1 saturated carbocycles. The zero-order chi connectivity index (χ0) is 18.1. The number of nitrogens with one attached hydrogen (secondary N) is 1. The molecule has 134 valence electrons. The molecule has 1 aromatic carbocycles. The second-order valence-corrected chi connectivity index (χ2v) is 6.77. The van der Waals surface area contributed by atoms with Crippen molar-refractivity contribution in [1.29, 1.82) is 0 Å². The maximum Gasteiger partial charge on any atom is 0.282 e. The summed E-state index contributed by atoms with van der Waals surface area (Å²) in [6.07, 6.45) is 7.89. The molecule has 0 radical (unpaired) electrons. The first-order valence-corrected chi connectivity index (χ1v) is 9.16. The Bertz CT molecular complexity index is 952. The van der Waals surface area contributed by atoms with Crippen molar-refractivity contribution in [1.82, 2.24) is 19.7 Å². The van der Waals surface area contributed by atoms with Gasteiger partial charge in [-0.3, -0.25) is 9.59 Å². The van der Waals surface area contributed by atoms with Crippen LogP contribution in [0.4, 0.5) is 0 Å². The molecule has 0 unspecified atom stereocenters. The molecule has 0 spiro atoms. The van der Waals surface area contributed by atoms with Gasteiger partial charge in [-0.15, -0.1) is 0 Å². The van der Waals surface area contributed by atoms with Crippen molar-refractivity contribution >= 4 is 5.91 Å². The van der Waals surface area contributed by atoms with E-state index in [4.69, 9.17) is 0 Å². The molecule has 26 heavy (non-hydrogen) atoms. The summed E-state index contributed by atoms with van der Waals surface area (Å²) >= 11 is 0. The van der Waals surface area contributed by atoms with Crippen LogP contribution in [-0.2, 0) is 6.54 Å². The molecule has 0 bridgehead atoms. The molecule has 6 nitrogen and oxygen atoms in total. The Hall–Kier alpha value is -2.89. The zero-order valence-corrected chi connectivity index (χ0v) is 14.8. The van der Waals surface area contributed by atoms with Crippen LogP contribution in [0.15, 0.2) is 47.5 Å². The first kappa shape index (κ1) is 16.6. The fraction of sp³-hybridized carbons (Fsp3) is 0.350. The Morgan fingerprint density at radius 2 is 1.92 bits per heavy atom. The highest BCUT2D eigenvalue weighted by molar-refractivity contribution is 6.00. The van der Waals surface area contributed by atoms with Crippen LogP contribution in [0.25, 0.3) is 16.9 Å². The molecule has 0 aromatic heterocycles. The average molecular weight is 350 g/mol. The fourth-order valence-electron chi connectivity index (χ4n) is 3.59. The third-order valence-electron chi connectivity index (χ3n) is 5.02. The third-order valence-corrected chi connectivity index (χ3v) is 5.02. The lowest BCUT2D eigenvalue weighted by Gasteiger charge is -2.15. The van der Waals surface area contributed by atoms with E-state index in [1.54, 1.807) is 12.4 Å². The minimum atomic E-state index is -0.205. The number of carbonyl (C=O) groups is 1. The summed E-state index contributed by atoms with van der Waals surface area (Å²) in [6.45, 7) is 2.66. The predicted molar refractivity (Wildman–Crippen MR) is 99.8 cm³/mol. The molecule has 2 aliphatic heterocycles. The number of benzene rings is 1. The second-order valence-electron chi connectivity index (χ2n) is 6.77. The summed E-state index contributed by atoms with van der Waals surface area (Å²) in [6, 6.07) is 9.50. The molecular weight excluding hydrogens is 328 g/mol. The molecule has 4 rings (SSSR count). The molecule has 6 heteroatoms. The number of amides is 1. The number of aromatic nitrogens is 3. The lowest BCUT2D eigenvalue weighted by Crippen LogP contribution is -2.33. The van der Waals surface area contributed by atoms with Crippen LogP contribution in [0.3, 0.4) is 0 Å². The number of pyridine rings is 1. The van der Waals surface area contributed by atoms with Gasteiger partial charge in [-0.05, 0) is 31.9 Å². The minimum Gasteiger partial charge on any atom is -0.353 e. The van der Waals surface area contributed by atoms with Crippen LogP contribution in [0, 0.1) is 0 Å². The Labute approximate surface area is 151 Å². The maximum atomic E-state index is 12.9. The van der Waals surface area contributed by atoms with E-state index in [-0.39, 0.29) is 17.5 Å². The van der Waals surface area contributed by atoms with Crippen molar-refractivity contribution < 1.29 is 4.79 Å². The standard InChI is InChI=1S/C20H22N4O2/c1-2-23-12-16(19(25)21-14-8-6-7-9-14)18-17(13-23)20(26)24(22-18)15-10-4-3-5-11-15/h3-5,10-14H,2,6-9H2,1H3,(H,21,25). The number of hydrogen-bond acceptors (Lipinski definition) is 3. The molecule has 1 fully saturated rings. The van der Waals surface area contributed by atoms with E-state index in [1.807, 2.05) is 41.8 Å². The Morgan fingerprint density at radius 3 is 2.62 bits per heavy atom. The number of hydrogen-bond donors (Lipinski definition) is 1. The number of fused-ring (bicyclic) bond motifs is 1. The summed E-state index contributed by atoms with van der Waals surface area (Å²) in [5.74, 6) is -0.151. The fourth-order valence-corrected chi connectivity index (χ4v) is 3.59. The largest absolute Gasteiger partial charge is 0.353 e. The molecule has 0 saturated heterocycles. The van der Waals surface area contributed by atoms with E-state index in [2.05, 4.69) is 10.4 Å². The van der Waals surface area contributed by atoms with Gasteiger partial charge in [0, 0.05) is 25.0 Å². The van der Waals surface area contributed by atoms with Crippen molar-refractivity contribution in [3.05, 3.63) is 58.6 Å². The first-order valence-electron chi connectivity index (χ1n) is 9.16. The van der Waals surface area contributed by atoms with Crippen LogP contribution in [0.5, 0.6) is 0 Å². The van der Waals surface area contributed by atoms with Gasteiger partial charge in [0.15, 0.2) is 0 Å². The zero-order valence-electron chi connectivity index (χ0n) is 14.8. The number of carbonyl (C=O) groups excluding carboxylic acids is 1. The highest BCUT2D eigenvalue weighted by Gasteiger charge is 2.26. The van der Waals surface area contributed by atoms with Crippen molar-refractivity contribution in [2.75, 3.05) is 0 Å². The van der Waals surface area contributed by atoms with Gasteiger partial charge in [-0.2, -0.15) is 9.78 Å². The van der Waals surface area contributed by atoms with Gasteiger partial charge in [0.2, 0.25) is 0 Å². The lowest BCUT2D eigenvalue weighted by atomic mass is 10.1. The van der Waals surface area contributed by atoms with Crippen LogP contribution < -0.4 is 10.9 Å². The normalized spacial score (nSPS) is 14.8. The van der Waals surface area contributed by atoms with E-state index in [1.165, 1.54) is 4.68 Å². The van der Waals surface area contributed by atoms with Gasteiger partial charge in [-0.1, -0.05) is 31.0 Å². The predicted octanol–water partition coefficient (Wildman–Crippen LogP) is 2.83. The van der Waals surface area contributed by atoms with E-state index >= 15 is 0 Å². The van der Waals surface area contributed by atoms with Gasteiger partial charge in [0.05, 0.1) is 16.8 Å². The molecule has 1 amide bonds. The highest BCUT2D eigenvalue weighted by atomic mass is 16.2. The summed E-state index contributed by atoms with van der Waals surface area (Å²) < 4.78 is 3.24. The molecule has 0 atom stereocenters.